The summed E-state index contributed by atoms with van der Waals surface area (Å²) < 4.78 is 1.96. The van der Waals surface area contributed by atoms with E-state index >= 15 is 0 Å². The van der Waals surface area contributed by atoms with Gasteiger partial charge in [-0.05, 0) is 51.0 Å². The summed E-state index contributed by atoms with van der Waals surface area (Å²) in [5.74, 6) is 0.0544. The molecule has 128 valence electrons. The smallest absolute Gasteiger partial charge is 0.254 e. The number of nitrogens with zero attached hydrogens (tertiary/aromatic N) is 5. The molecule has 1 amide bonds. The van der Waals surface area contributed by atoms with Crippen molar-refractivity contribution in [3.63, 3.8) is 0 Å². The number of carbonyl (C=O) groups is 1. The lowest BCUT2D eigenvalue weighted by atomic mass is 10.0. The summed E-state index contributed by atoms with van der Waals surface area (Å²) in [5.41, 5.74) is 4.09. The molecule has 1 fully saturated rings. The molecule has 0 bridgehead atoms. The van der Waals surface area contributed by atoms with E-state index in [0.29, 0.717) is 12.1 Å². The topological polar surface area (TPSA) is 63.9 Å². The Morgan fingerprint density at radius 1 is 1.16 bits per heavy atom. The maximum atomic E-state index is 13.0. The third-order valence-corrected chi connectivity index (χ3v) is 4.90. The van der Waals surface area contributed by atoms with Gasteiger partial charge in [-0.15, -0.1) is 0 Å². The molecule has 1 atom stereocenters. The highest BCUT2D eigenvalue weighted by molar-refractivity contribution is 5.97. The quantitative estimate of drug-likeness (QED) is 0.722. The van der Waals surface area contributed by atoms with Gasteiger partial charge < -0.3 is 4.90 Å². The van der Waals surface area contributed by atoms with Gasteiger partial charge in [-0.1, -0.05) is 0 Å². The van der Waals surface area contributed by atoms with Crippen molar-refractivity contribution in [2.45, 2.75) is 32.7 Å². The van der Waals surface area contributed by atoms with Crippen molar-refractivity contribution in [1.82, 2.24) is 24.6 Å². The summed E-state index contributed by atoms with van der Waals surface area (Å²) in [6, 6.07) is 7.77. The number of aromatic nitrogens is 4. The molecule has 25 heavy (non-hydrogen) atoms. The van der Waals surface area contributed by atoms with Crippen LogP contribution in [-0.4, -0.2) is 43.6 Å². The molecule has 0 N–H and O–H groups in total. The SMILES string of the molecule is Cc1nc2ccc(C(=O)N3CCC[C@H](n4cccn4)C3)cc2nc1C. The molecule has 2 aromatic heterocycles. The number of hydrogen-bond acceptors (Lipinski definition) is 4. The van der Waals surface area contributed by atoms with Gasteiger partial charge in [0.1, 0.15) is 0 Å². The number of likely N-dealkylation sites (tertiary alicyclic amines) is 1. The van der Waals surface area contributed by atoms with Crippen molar-refractivity contribution < 1.29 is 4.79 Å². The zero-order valence-corrected chi connectivity index (χ0v) is 14.5. The van der Waals surface area contributed by atoms with Crippen LogP contribution >= 0.6 is 0 Å². The van der Waals surface area contributed by atoms with Crippen molar-refractivity contribution in [2.75, 3.05) is 13.1 Å². The van der Waals surface area contributed by atoms with Crippen molar-refractivity contribution in [3.8, 4) is 0 Å². The molecule has 0 radical (unpaired) electrons. The van der Waals surface area contributed by atoms with Crippen molar-refractivity contribution >= 4 is 16.9 Å². The summed E-state index contributed by atoms with van der Waals surface area (Å²) in [6.07, 6.45) is 5.79. The molecular weight excluding hydrogens is 314 g/mol. The molecule has 1 aliphatic heterocycles. The van der Waals surface area contributed by atoms with E-state index in [9.17, 15) is 4.79 Å². The minimum absolute atomic E-state index is 0.0544. The van der Waals surface area contributed by atoms with Crippen LogP contribution in [0, 0.1) is 13.8 Å². The van der Waals surface area contributed by atoms with Gasteiger partial charge in [-0.2, -0.15) is 5.10 Å². The monoisotopic (exact) mass is 335 g/mol. The highest BCUT2D eigenvalue weighted by atomic mass is 16.2. The van der Waals surface area contributed by atoms with E-state index in [2.05, 4.69) is 15.1 Å². The maximum absolute atomic E-state index is 13.0. The summed E-state index contributed by atoms with van der Waals surface area (Å²) >= 11 is 0. The molecule has 4 rings (SSSR count). The fourth-order valence-electron chi connectivity index (χ4n) is 3.40. The Hall–Kier alpha value is -2.76. The third kappa shape index (κ3) is 2.99. The second-order valence-corrected chi connectivity index (χ2v) is 6.63. The number of benzene rings is 1. The van der Waals surface area contributed by atoms with Crippen LogP contribution in [0.2, 0.25) is 0 Å². The van der Waals surface area contributed by atoms with E-state index in [1.165, 1.54) is 0 Å². The zero-order chi connectivity index (χ0) is 17.4. The Bertz CT molecular complexity index is 919. The first-order chi connectivity index (χ1) is 12.1. The van der Waals surface area contributed by atoms with Crippen LogP contribution in [0.15, 0.2) is 36.7 Å². The predicted molar refractivity (Wildman–Crippen MR) is 95.4 cm³/mol. The van der Waals surface area contributed by atoms with Crippen molar-refractivity contribution in [3.05, 3.63) is 53.6 Å². The molecule has 1 aliphatic rings. The lowest BCUT2D eigenvalue weighted by molar-refractivity contribution is 0.0673. The molecule has 0 unspecified atom stereocenters. The number of aryl methyl sites for hydroxylation is 2. The second kappa shape index (κ2) is 6.27. The average molecular weight is 335 g/mol. The Morgan fingerprint density at radius 3 is 2.72 bits per heavy atom. The molecule has 0 saturated carbocycles. The third-order valence-electron chi connectivity index (χ3n) is 4.90. The minimum atomic E-state index is 0.0544. The second-order valence-electron chi connectivity index (χ2n) is 6.63. The van der Waals surface area contributed by atoms with E-state index in [0.717, 1.165) is 41.8 Å². The Kier molecular flexibility index (Phi) is 3.95. The molecular formula is C19H21N5O. The molecule has 6 heteroatoms. The van der Waals surface area contributed by atoms with Crippen LogP contribution in [-0.2, 0) is 0 Å². The number of amides is 1. The fraction of sp³-hybridized carbons (Fsp3) is 0.368. The highest BCUT2D eigenvalue weighted by Crippen LogP contribution is 2.23. The van der Waals surface area contributed by atoms with E-state index < -0.39 is 0 Å². The molecule has 3 aromatic rings. The number of piperidine rings is 1. The van der Waals surface area contributed by atoms with Gasteiger partial charge in [0.2, 0.25) is 0 Å². The summed E-state index contributed by atoms with van der Waals surface area (Å²) in [4.78, 5) is 24.0. The van der Waals surface area contributed by atoms with Crippen LogP contribution in [0.5, 0.6) is 0 Å². The van der Waals surface area contributed by atoms with Gasteiger partial charge in [-0.3, -0.25) is 9.48 Å². The standard InChI is InChI=1S/C19H21N5O/c1-13-14(2)22-18-11-15(6-7-17(18)21-13)19(25)23-9-3-5-16(12-23)24-10-4-8-20-24/h4,6-8,10-11,16H,3,5,9,12H2,1-2H3/t16-/m0/s1. The predicted octanol–water partition coefficient (Wildman–Crippen LogP) is 2.92. The first-order valence-corrected chi connectivity index (χ1v) is 8.65. The Labute approximate surface area is 146 Å². The summed E-state index contributed by atoms with van der Waals surface area (Å²) in [6.45, 7) is 5.37. The van der Waals surface area contributed by atoms with Crippen molar-refractivity contribution in [1.29, 1.82) is 0 Å². The van der Waals surface area contributed by atoms with Crippen LogP contribution < -0.4 is 0 Å². The van der Waals surface area contributed by atoms with Gasteiger partial charge in [-0.25, -0.2) is 9.97 Å². The maximum Gasteiger partial charge on any atom is 0.254 e. The molecule has 1 aromatic carbocycles. The highest BCUT2D eigenvalue weighted by Gasteiger charge is 2.26. The largest absolute Gasteiger partial charge is 0.337 e. The van der Waals surface area contributed by atoms with Gasteiger partial charge in [0, 0.05) is 31.0 Å². The van der Waals surface area contributed by atoms with E-state index in [4.69, 9.17) is 0 Å². The van der Waals surface area contributed by atoms with Crippen LogP contribution in [0.25, 0.3) is 11.0 Å². The van der Waals surface area contributed by atoms with Gasteiger partial charge in [0.25, 0.3) is 5.91 Å². The first kappa shape index (κ1) is 15.7. The van der Waals surface area contributed by atoms with E-state index in [1.54, 1.807) is 6.20 Å². The number of carbonyl (C=O) groups excluding carboxylic acids is 1. The first-order valence-electron chi connectivity index (χ1n) is 8.65. The molecule has 6 nitrogen and oxygen atoms in total. The average Bonchev–Trinajstić information content (AvgIpc) is 3.16. The fourth-order valence-corrected chi connectivity index (χ4v) is 3.40. The molecule has 1 saturated heterocycles. The van der Waals surface area contributed by atoms with E-state index in [-0.39, 0.29) is 11.9 Å². The van der Waals surface area contributed by atoms with Gasteiger partial charge >= 0.3 is 0 Å². The van der Waals surface area contributed by atoms with Gasteiger partial charge in [0.05, 0.1) is 28.5 Å². The Balaban J connectivity index is 1.59. The van der Waals surface area contributed by atoms with Crippen molar-refractivity contribution in [2.24, 2.45) is 0 Å². The van der Waals surface area contributed by atoms with E-state index in [1.807, 2.05) is 53.9 Å². The van der Waals surface area contributed by atoms with Crippen LogP contribution in [0.4, 0.5) is 0 Å². The van der Waals surface area contributed by atoms with Crippen LogP contribution in [0.3, 0.4) is 0 Å². The van der Waals surface area contributed by atoms with Gasteiger partial charge in [0.15, 0.2) is 0 Å². The number of fused-ring (bicyclic) bond motifs is 1. The molecule has 0 aliphatic carbocycles. The zero-order valence-electron chi connectivity index (χ0n) is 14.5. The molecule has 3 heterocycles. The lowest BCUT2D eigenvalue weighted by Crippen LogP contribution is -2.40. The number of hydrogen-bond donors (Lipinski definition) is 0. The van der Waals surface area contributed by atoms with Crippen LogP contribution in [0.1, 0.15) is 40.6 Å². The minimum Gasteiger partial charge on any atom is -0.337 e. The lowest BCUT2D eigenvalue weighted by Gasteiger charge is -2.33. The number of rotatable bonds is 2. The molecule has 0 spiro atoms. The summed E-state index contributed by atoms with van der Waals surface area (Å²) in [7, 11) is 0. The summed E-state index contributed by atoms with van der Waals surface area (Å²) in [5, 5.41) is 4.33. The Morgan fingerprint density at radius 2 is 1.96 bits per heavy atom. The normalized spacial score (nSPS) is 17.8.